The average molecular weight is 230 g/mol. The number of methoxy groups -OCH3 is 1. The standard InChI is InChI=1S/C10H16ClN3O/c1-7-3-5-10(15-2,6-4-7)8-12-9(11)14-13-8/h7H,3-6H2,1-2H3,(H,12,13,14). The molecule has 0 bridgehead atoms. The molecule has 0 aromatic carbocycles. The Bertz CT molecular complexity index is 331. The molecule has 1 fully saturated rings. The van der Waals surface area contributed by atoms with Crippen LogP contribution in [0.1, 0.15) is 38.4 Å². The van der Waals surface area contributed by atoms with E-state index in [2.05, 4.69) is 22.1 Å². The van der Waals surface area contributed by atoms with Gasteiger partial charge in [-0.3, -0.25) is 5.10 Å². The smallest absolute Gasteiger partial charge is 0.242 e. The number of rotatable bonds is 2. The number of aromatic amines is 1. The lowest BCUT2D eigenvalue weighted by molar-refractivity contribution is -0.0594. The quantitative estimate of drug-likeness (QED) is 0.848. The van der Waals surface area contributed by atoms with Gasteiger partial charge < -0.3 is 4.74 Å². The first-order chi connectivity index (χ1) is 7.16. The summed E-state index contributed by atoms with van der Waals surface area (Å²) in [6, 6.07) is 0. The van der Waals surface area contributed by atoms with E-state index in [1.165, 1.54) is 0 Å². The maximum Gasteiger partial charge on any atom is 0.242 e. The van der Waals surface area contributed by atoms with E-state index in [0.29, 0.717) is 0 Å². The van der Waals surface area contributed by atoms with Crippen molar-refractivity contribution in [2.24, 2.45) is 5.92 Å². The summed E-state index contributed by atoms with van der Waals surface area (Å²) in [4.78, 5) is 4.18. The summed E-state index contributed by atoms with van der Waals surface area (Å²) in [6.07, 6.45) is 4.28. The Labute approximate surface area is 94.4 Å². The van der Waals surface area contributed by atoms with Gasteiger partial charge in [0.2, 0.25) is 5.28 Å². The average Bonchev–Trinajstić information content (AvgIpc) is 2.67. The van der Waals surface area contributed by atoms with Gasteiger partial charge in [-0.05, 0) is 43.2 Å². The van der Waals surface area contributed by atoms with Crippen molar-refractivity contribution >= 4 is 11.6 Å². The molecule has 5 heteroatoms. The topological polar surface area (TPSA) is 50.8 Å². The normalized spacial score (nSPS) is 31.8. The second kappa shape index (κ2) is 4.10. The molecular formula is C10H16ClN3O. The largest absolute Gasteiger partial charge is 0.370 e. The van der Waals surface area contributed by atoms with Gasteiger partial charge in [0, 0.05) is 7.11 Å². The number of hydrogen-bond acceptors (Lipinski definition) is 3. The van der Waals surface area contributed by atoms with Gasteiger partial charge in [0.05, 0.1) is 0 Å². The van der Waals surface area contributed by atoms with Gasteiger partial charge in [-0.25, -0.2) is 0 Å². The van der Waals surface area contributed by atoms with Crippen molar-refractivity contribution in [1.29, 1.82) is 0 Å². The van der Waals surface area contributed by atoms with Crippen molar-refractivity contribution in [2.45, 2.75) is 38.2 Å². The number of H-pyrrole nitrogens is 1. The van der Waals surface area contributed by atoms with Crippen molar-refractivity contribution in [3.63, 3.8) is 0 Å². The minimum atomic E-state index is -0.299. The molecule has 84 valence electrons. The number of ether oxygens (including phenoxy) is 1. The van der Waals surface area contributed by atoms with Gasteiger partial charge in [-0.15, -0.1) is 5.10 Å². The molecular weight excluding hydrogens is 214 g/mol. The molecule has 1 heterocycles. The van der Waals surface area contributed by atoms with Gasteiger partial charge in [0.15, 0.2) is 5.82 Å². The molecule has 1 N–H and O–H groups in total. The molecule has 2 rings (SSSR count). The highest BCUT2D eigenvalue weighted by Gasteiger charge is 2.38. The number of nitrogens with one attached hydrogen (secondary N) is 1. The summed E-state index contributed by atoms with van der Waals surface area (Å²) in [5.41, 5.74) is -0.299. The Balaban J connectivity index is 2.22. The number of halogens is 1. The van der Waals surface area contributed by atoms with E-state index in [1.807, 2.05) is 0 Å². The van der Waals surface area contributed by atoms with Crippen LogP contribution in [0.3, 0.4) is 0 Å². The maximum absolute atomic E-state index is 5.72. The third kappa shape index (κ3) is 2.01. The van der Waals surface area contributed by atoms with Crippen molar-refractivity contribution in [1.82, 2.24) is 15.2 Å². The van der Waals surface area contributed by atoms with Crippen LogP contribution in [0.25, 0.3) is 0 Å². The third-order valence-corrected chi connectivity index (χ3v) is 3.53. The first kappa shape index (κ1) is 10.9. The van der Waals surface area contributed by atoms with E-state index in [0.717, 1.165) is 37.4 Å². The van der Waals surface area contributed by atoms with Gasteiger partial charge >= 0.3 is 0 Å². The van der Waals surface area contributed by atoms with E-state index in [4.69, 9.17) is 16.3 Å². The molecule has 0 spiro atoms. The molecule has 0 unspecified atom stereocenters. The first-order valence-corrected chi connectivity index (χ1v) is 5.67. The van der Waals surface area contributed by atoms with Crippen LogP contribution in [0, 0.1) is 5.92 Å². The first-order valence-electron chi connectivity index (χ1n) is 5.30. The van der Waals surface area contributed by atoms with Gasteiger partial charge in [-0.1, -0.05) is 6.92 Å². The fourth-order valence-electron chi connectivity index (χ4n) is 2.21. The Morgan fingerprint density at radius 3 is 2.60 bits per heavy atom. The summed E-state index contributed by atoms with van der Waals surface area (Å²) in [5, 5.41) is 6.98. The van der Waals surface area contributed by atoms with Gasteiger partial charge in [-0.2, -0.15) is 4.98 Å². The molecule has 1 aliphatic rings. The molecule has 0 atom stereocenters. The molecule has 15 heavy (non-hydrogen) atoms. The monoisotopic (exact) mass is 229 g/mol. The zero-order chi connectivity index (χ0) is 10.9. The fourth-order valence-corrected chi connectivity index (χ4v) is 2.34. The van der Waals surface area contributed by atoms with Gasteiger partial charge in [0.25, 0.3) is 0 Å². The zero-order valence-corrected chi connectivity index (χ0v) is 9.84. The van der Waals surface area contributed by atoms with Crippen LogP contribution in [-0.2, 0) is 10.3 Å². The maximum atomic E-state index is 5.72. The van der Waals surface area contributed by atoms with E-state index < -0.39 is 0 Å². The van der Waals surface area contributed by atoms with Crippen LogP contribution in [0.4, 0.5) is 0 Å². The van der Waals surface area contributed by atoms with Crippen LogP contribution in [0.15, 0.2) is 0 Å². The summed E-state index contributed by atoms with van der Waals surface area (Å²) < 4.78 is 5.63. The minimum absolute atomic E-state index is 0.264. The molecule has 4 nitrogen and oxygen atoms in total. The van der Waals surface area contributed by atoms with Crippen LogP contribution >= 0.6 is 11.6 Å². The predicted molar refractivity (Wildman–Crippen MR) is 57.7 cm³/mol. The van der Waals surface area contributed by atoms with Crippen LogP contribution in [0.5, 0.6) is 0 Å². The second-order valence-corrected chi connectivity index (χ2v) is 4.67. The lowest BCUT2D eigenvalue weighted by atomic mass is 9.79. The SMILES string of the molecule is COC1(c2nc(Cl)n[nH]2)CCC(C)CC1. The Hall–Kier alpha value is -0.610. The molecule has 0 aliphatic heterocycles. The fraction of sp³-hybridized carbons (Fsp3) is 0.800. The van der Waals surface area contributed by atoms with Crippen LogP contribution < -0.4 is 0 Å². The lowest BCUT2D eigenvalue weighted by Crippen LogP contribution is -2.34. The third-order valence-electron chi connectivity index (χ3n) is 3.36. The molecule has 1 saturated carbocycles. The highest BCUT2D eigenvalue weighted by molar-refractivity contribution is 6.28. The molecule has 0 amide bonds. The molecule has 1 aliphatic carbocycles. The second-order valence-electron chi connectivity index (χ2n) is 4.33. The highest BCUT2D eigenvalue weighted by atomic mass is 35.5. The Morgan fingerprint density at radius 2 is 2.13 bits per heavy atom. The van der Waals surface area contributed by atoms with Crippen molar-refractivity contribution in [3.05, 3.63) is 11.1 Å². The van der Waals surface area contributed by atoms with Crippen LogP contribution in [0.2, 0.25) is 5.28 Å². The lowest BCUT2D eigenvalue weighted by Gasteiger charge is -2.36. The molecule has 0 saturated heterocycles. The van der Waals surface area contributed by atoms with Gasteiger partial charge in [0.1, 0.15) is 5.60 Å². The van der Waals surface area contributed by atoms with Crippen molar-refractivity contribution in [3.8, 4) is 0 Å². The Kier molecular flexibility index (Phi) is 2.98. The molecule has 1 aromatic rings. The van der Waals surface area contributed by atoms with E-state index >= 15 is 0 Å². The Morgan fingerprint density at radius 1 is 1.47 bits per heavy atom. The summed E-state index contributed by atoms with van der Waals surface area (Å²) >= 11 is 5.72. The number of aromatic nitrogens is 3. The zero-order valence-electron chi connectivity index (χ0n) is 9.09. The predicted octanol–water partition coefficient (Wildman–Crippen LogP) is 2.51. The molecule has 1 aromatic heterocycles. The number of hydrogen-bond donors (Lipinski definition) is 1. The number of nitrogens with zero attached hydrogens (tertiary/aromatic N) is 2. The summed E-state index contributed by atoms with van der Waals surface area (Å²) in [5.74, 6) is 1.54. The van der Waals surface area contributed by atoms with E-state index in [1.54, 1.807) is 7.11 Å². The van der Waals surface area contributed by atoms with E-state index in [-0.39, 0.29) is 10.9 Å². The van der Waals surface area contributed by atoms with Crippen molar-refractivity contribution in [2.75, 3.05) is 7.11 Å². The summed E-state index contributed by atoms with van der Waals surface area (Å²) in [6.45, 7) is 2.27. The van der Waals surface area contributed by atoms with Crippen LogP contribution in [-0.4, -0.2) is 22.3 Å². The van der Waals surface area contributed by atoms with Crippen molar-refractivity contribution < 1.29 is 4.74 Å². The summed E-state index contributed by atoms with van der Waals surface area (Å²) in [7, 11) is 1.73. The van der Waals surface area contributed by atoms with E-state index in [9.17, 15) is 0 Å². The molecule has 0 radical (unpaired) electrons. The minimum Gasteiger partial charge on any atom is -0.370 e. The highest BCUT2D eigenvalue weighted by Crippen LogP contribution is 2.40.